The van der Waals surface area contributed by atoms with Gasteiger partial charge in [-0.05, 0) is 12.5 Å². The minimum absolute atomic E-state index is 0. The van der Waals surface area contributed by atoms with Crippen molar-refractivity contribution in [1.29, 1.82) is 0 Å². The molecule has 2 fully saturated rings. The molecular formula is C19H26N5NaO8S. The summed E-state index contributed by atoms with van der Waals surface area (Å²) >= 11 is 0. The summed E-state index contributed by atoms with van der Waals surface area (Å²) in [6, 6.07) is 5.55. The third-order valence-electron chi connectivity index (χ3n) is 5.49. The Hall–Kier alpha value is -2.07. The van der Waals surface area contributed by atoms with E-state index in [1.165, 1.54) is 4.90 Å². The molecule has 3 rings (SSSR count). The molecular weight excluding hydrogens is 481 g/mol. The van der Waals surface area contributed by atoms with E-state index in [0.717, 1.165) is 4.90 Å². The van der Waals surface area contributed by atoms with Crippen LogP contribution in [0.15, 0.2) is 30.3 Å². The van der Waals surface area contributed by atoms with E-state index in [9.17, 15) is 32.7 Å². The fourth-order valence-electron chi connectivity index (χ4n) is 3.55. The minimum Gasteiger partial charge on any atom is -1.00 e. The number of nitrogens with one attached hydrogen (secondary N) is 2. The van der Waals surface area contributed by atoms with Crippen molar-refractivity contribution in [2.75, 3.05) is 26.2 Å². The first-order valence-electron chi connectivity index (χ1n) is 10.2. The molecule has 2 aliphatic heterocycles. The number of rotatable bonds is 7. The van der Waals surface area contributed by atoms with E-state index < -0.39 is 52.4 Å². The summed E-state index contributed by atoms with van der Waals surface area (Å²) in [6.45, 7) is 1.81. The number of carbonyl (C=O) groups is 4. The molecule has 0 bridgehead atoms. The second-order valence-corrected chi connectivity index (χ2v) is 8.97. The summed E-state index contributed by atoms with van der Waals surface area (Å²) in [7, 11) is -4.62. The number of imide groups is 1. The number of aliphatic hydroxyl groups excluding tert-OH is 1. The van der Waals surface area contributed by atoms with Gasteiger partial charge in [0.1, 0.15) is 12.3 Å². The van der Waals surface area contributed by atoms with E-state index in [1.54, 1.807) is 37.3 Å². The Morgan fingerprint density at radius 2 is 1.82 bits per heavy atom. The minimum atomic E-state index is -4.62. The molecule has 13 nitrogen and oxygen atoms in total. The number of aliphatic hydroxyl groups is 1. The number of amides is 5. The summed E-state index contributed by atoms with van der Waals surface area (Å²) in [6.07, 6.45) is -1.64. The Balaban J connectivity index is 0.00000306. The van der Waals surface area contributed by atoms with E-state index >= 15 is 0 Å². The number of urea groups is 1. The molecule has 15 heteroatoms. The normalized spacial score (nSPS) is 21.9. The van der Waals surface area contributed by atoms with Crippen LogP contribution >= 0.6 is 0 Å². The maximum Gasteiger partial charge on any atom is 1.00 e. The van der Waals surface area contributed by atoms with Crippen LogP contribution in [0.4, 0.5) is 4.79 Å². The quantitative estimate of drug-likeness (QED) is 0.161. The molecule has 4 N–H and O–H groups in total. The zero-order valence-corrected chi connectivity index (χ0v) is 21.6. The van der Waals surface area contributed by atoms with Crippen LogP contribution < -0.4 is 40.2 Å². The Labute approximate surface area is 220 Å². The molecule has 5 amide bonds. The summed E-state index contributed by atoms with van der Waals surface area (Å²) in [5, 5.41) is 14.8. The number of hydrogen-bond donors (Lipinski definition) is 4. The van der Waals surface area contributed by atoms with Gasteiger partial charge in [0.25, 0.3) is 0 Å². The van der Waals surface area contributed by atoms with E-state index in [1.807, 2.05) is 0 Å². The zero-order valence-electron chi connectivity index (χ0n) is 19.7. The molecule has 3 atom stereocenters. The molecule has 2 saturated heterocycles. The van der Waals surface area contributed by atoms with Crippen molar-refractivity contribution in [2.45, 2.75) is 31.7 Å². The van der Waals surface area contributed by atoms with Crippen LogP contribution in [0.25, 0.3) is 0 Å². The van der Waals surface area contributed by atoms with E-state index in [2.05, 4.69) is 10.6 Å². The molecule has 34 heavy (non-hydrogen) atoms. The third kappa shape index (κ3) is 6.33. The van der Waals surface area contributed by atoms with Gasteiger partial charge in [-0.2, -0.15) is 8.42 Å². The smallest absolute Gasteiger partial charge is 1.00 e. The number of carbonyl (C=O) groups excluding carboxylic acids is 4. The van der Waals surface area contributed by atoms with Crippen LogP contribution in [0.2, 0.25) is 0 Å². The second-order valence-electron chi connectivity index (χ2n) is 7.61. The Bertz CT molecular complexity index is 1050. The number of hydrogen-bond acceptors (Lipinski definition) is 7. The van der Waals surface area contributed by atoms with E-state index in [-0.39, 0.29) is 57.0 Å². The van der Waals surface area contributed by atoms with Crippen molar-refractivity contribution >= 4 is 34.1 Å². The molecule has 0 spiro atoms. The van der Waals surface area contributed by atoms with Crippen LogP contribution in [-0.2, 0) is 31.1 Å². The molecule has 2 heterocycles. The molecule has 0 aliphatic carbocycles. The third-order valence-corrected chi connectivity index (χ3v) is 6.45. The first kappa shape index (κ1) is 28.2. The van der Waals surface area contributed by atoms with Crippen LogP contribution in [0.3, 0.4) is 0 Å². The molecule has 2 unspecified atom stereocenters. The summed E-state index contributed by atoms with van der Waals surface area (Å²) in [4.78, 5) is 52.1. The van der Waals surface area contributed by atoms with Gasteiger partial charge in [-0.3, -0.25) is 23.8 Å². The van der Waals surface area contributed by atoms with Crippen LogP contribution in [0, 0.1) is 0 Å². The van der Waals surface area contributed by atoms with E-state index in [0.29, 0.717) is 16.4 Å². The van der Waals surface area contributed by atoms with Crippen molar-refractivity contribution in [3.8, 4) is 0 Å². The summed E-state index contributed by atoms with van der Waals surface area (Å²) < 4.78 is 31.7. The summed E-state index contributed by atoms with van der Waals surface area (Å²) in [5.41, 5.74) is 0.685. The topological polar surface area (TPSA) is 177 Å². The van der Waals surface area contributed by atoms with Crippen LogP contribution in [-0.4, -0.2) is 100 Å². The number of piperazine rings is 1. The Morgan fingerprint density at radius 1 is 1.18 bits per heavy atom. The van der Waals surface area contributed by atoms with Gasteiger partial charge in [0.2, 0.25) is 5.91 Å². The van der Waals surface area contributed by atoms with Gasteiger partial charge in [0, 0.05) is 32.6 Å². The maximum absolute atomic E-state index is 12.9. The van der Waals surface area contributed by atoms with Crippen molar-refractivity contribution in [3.63, 3.8) is 0 Å². The van der Waals surface area contributed by atoms with Crippen molar-refractivity contribution in [1.82, 2.24) is 24.7 Å². The fraction of sp³-hybridized carbons (Fsp3) is 0.474. The molecule has 1 aromatic rings. The average molecular weight is 508 g/mol. The van der Waals surface area contributed by atoms with Crippen LogP contribution in [0.5, 0.6) is 0 Å². The molecule has 2 aliphatic rings. The van der Waals surface area contributed by atoms with E-state index in [4.69, 9.17) is 4.55 Å². The van der Waals surface area contributed by atoms with Crippen LogP contribution in [0.1, 0.15) is 13.9 Å². The SMILES string of the molecule is CCN1CCN(C(=O)N[C@H](Cc2ccccc2)C(=O)NC2CN(S(=O)(=O)O)C2O)C(=O)C1=O.[H-].[Na+]. The maximum atomic E-state index is 12.9. The predicted molar refractivity (Wildman–Crippen MR) is 114 cm³/mol. The number of nitrogens with zero attached hydrogens (tertiary/aromatic N) is 3. The standard InChI is InChI=1S/C19H25N5O8S.Na.H/c1-2-22-8-9-23(18(28)17(22)27)19(29)21-13(10-12-6-4-3-5-7-12)15(25)20-14-11-24(16(14)26)33(30,31)32;;/h3-7,13-14,16,26H,2,8-11H2,1H3,(H,20,25)(H,21,29)(H,30,31,32);;/q;+1;-1/t13-,14?,16?;;/m1../s1. The first-order chi connectivity index (χ1) is 15.5. The van der Waals surface area contributed by atoms with Gasteiger partial charge in [0.15, 0.2) is 0 Å². The first-order valence-corrected chi connectivity index (χ1v) is 11.6. The monoisotopic (exact) mass is 507 g/mol. The van der Waals surface area contributed by atoms with Gasteiger partial charge in [-0.15, -0.1) is 4.31 Å². The fourth-order valence-corrected chi connectivity index (χ4v) is 4.32. The van der Waals surface area contributed by atoms with Gasteiger partial charge >= 0.3 is 57.7 Å². The molecule has 1 aromatic carbocycles. The van der Waals surface area contributed by atoms with Crippen molar-refractivity contribution in [2.24, 2.45) is 0 Å². The van der Waals surface area contributed by atoms with Gasteiger partial charge in [0.05, 0.1) is 6.04 Å². The number of likely N-dealkylation sites (N-methyl/N-ethyl adjacent to an activating group) is 1. The average Bonchev–Trinajstić information content (AvgIpc) is 2.76. The predicted octanol–water partition coefficient (Wildman–Crippen LogP) is -4.96. The van der Waals surface area contributed by atoms with Gasteiger partial charge in [-0.1, -0.05) is 30.3 Å². The molecule has 0 radical (unpaired) electrons. The number of benzene rings is 1. The molecule has 182 valence electrons. The molecule has 0 aromatic heterocycles. The zero-order chi connectivity index (χ0) is 24.3. The van der Waals surface area contributed by atoms with Crippen molar-refractivity contribution in [3.05, 3.63) is 35.9 Å². The second kappa shape index (κ2) is 11.6. The van der Waals surface area contributed by atoms with Gasteiger partial charge < -0.3 is 22.1 Å². The van der Waals surface area contributed by atoms with Gasteiger partial charge in [-0.25, -0.2) is 4.79 Å². The largest absolute Gasteiger partial charge is 1.00 e. The summed E-state index contributed by atoms with van der Waals surface area (Å²) in [5.74, 6) is -2.55. The Morgan fingerprint density at radius 3 is 2.38 bits per heavy atom. The molecule has 0 saturated carbocycles. The van der Waals surface area contributed by atoms with Crippen molar-refractivity contribution < 1.29 is 68.2 Å². The Kier molecular flexibility index (Phi) is 9.59.